The van der Waals surface area contributed by atoms with Gasteiger partial charge in [0.15, 0.2) is 17.4 Å². The van der Waals surface area contributed by atoms with E-state index in [4.69, 9.17) is 21.3 Å². The summed E-state index contributed by atoms with van der Waals surface area (Å²) in [5.41, 5.74) is 2.71. The maximum atomic E-state index is 12.6. The van der Waals surface area contributed by atoms with E-state index >= 15 is 0 Å². The molecule has 0 radical (unpaired) electrons. The van der Waals surface area contributed by atoms with Gasteiger partial charge >= 0.3 is 0 Å². The molecule has 0 amide bonds. The zero-order valence-electron chi connectivity index (χ0n) is 20.4. The molecule has 2 saturated heterocycles. The Balaban J connectivity index is 1.34. The van der Waals surface area contributed by atoms with Crippen molar-refractivity contribution in [3.8, 4) is 22.9 Å². The number of morpholine rings is 1. The number of Topliss-reactive ketones (excluding diaryl/α,β-unsaturated/α-hetero) is 1. The molecule has 2 unspecified atom stereocenters. The fourth-order valence-electron chi connectivity index (χ4n) is 5.13. The Morgan fingerprint density at radius 1 is 1.17 bits per heavy atom. The molecule has 5 rings (SSSR count). The minimum absolute atomic E-state index is 0.125. The van der Waals surface area contributed by atoms with Crippen LogP contribution in [0.4, 0.5) is 0 Å². The number of carbonyl (C=O) groups is 1. The molecule has 35 heavy (non-hydrogen) atoms. The molecule has 2 aliphatic heterocycles. The van der Waals surface area contributed by atoms with Gasteiger partial charge in [0.25, 0.3) is 0 Å². The highest BCUT2D eigenvalue weighted by molar-refractivity contribution is 6.30. The molecule has 0 spiro atoms. The third-order valence-electron chi connectivity index (χ3n) is 6.82. The first-order valence-corrected chi connectivity index (χ1v) is 12.9. The summed E-state index contributed by atoms with van der Waals surface area (Å²) < 4.78 is 7.37. The quantitative estimate of drug-likeness (QED) is 0.431. The first-order valence-electron chi connectivity index (χ1n) is 12.5. The predicted molar refractivity (Wildman–Crippen MR) is 136 cm³/mol. The van der Waals surface area contributed by atoms with Crippen molar-refractivity contribution in [1.82, 2.24) is 24.6 Å². The third-order valence-corrected chi connectivity index (χ3v) is 7.06. The Bertz CT molecular complexity index is 1160. The van der Waals surface area contributed by atoms with Crippen molar-refractivity contribution in [2.24, 2.45) is 5.92 Å². The lowest BCUT2D eigenvalue weighted by molar-refractivity contribution is -0.120. The number of benzene rings is 1. The highest BCUT2D eigenvalue weighted by Crippen LogP contribution is 2.29. The minimum atomic E-state index is 0.125. The number of hydrogen-bond donors (Lipinski definition) is 0. The van der Waals surface area contributed by atoms with Gasteiger partial charge in [0.1, 0.15) is 12.2 Å². The van der Waals surface area contributed by atoms with Crippen molar-refractivity contribution in [2.75, 3.05) is 19.8 Å². The highest BCUT2D eigenvalue weighted by atomic mass is 35.5. The standard InChI is InChI=1S/C27H32ClN5O2/c1-18(2)12-24(34)15-33-27(20-4-3-5-21(28)13-20)30-26(31-33)25-9-6-19(14-29-25)10-11-32-22-7-8-23(32)17-35-16-22/h3-6,9,13-14,18,22-23H,7-8,10-12,15-17H2,1-2H3. The number of ether oxygens (including phenoxy) is 1. The molecule has 1 aromatic carbocycles. The summed E-state index contributed by atoms with van der Waals surface area (Å²) in [6, 6.07) is 12.7. The van der Waals surface area contributed by atoms with E-state index in [1.54, 1.807) is 4.68 Å². The van der Waals surface area contributed by atoms with Crippen molar-refractivity contribution >= 4 is 17.4 Å². The van der Waals surface area contributed by atoms with Crippen molar-refractivity contribution < 1.29 is 9.53 Å². The van der Waals surface area contributed by atoms with Crippen LogP contribution in [0.25, 0.3) is 22.9 Å². The molecule has 0 N–H and O–H groups in total. The summed E-state index contributed by atoms with van der Waals surface area (Å²) in [5.74, 6) is 1.55. The van der Waals surface area contributed by atoms with Crippen LogP contribution in [0.15, 0.2) is 42.6 Å². The smallest absolute Gasteiger partial charge is 0.200 e. The lowest BCUT2D eigenvalue weighted by Gasteiger charge is -2.34. The Morgan fingerprint density at radius 3 is 2.66 bits per heavy atom. The summed E-state index contributed by atoms with van der Waals surface area (Å²) in [6.07, 6.45) is 5.86. The molecule has 3 aromatic rings. The molecule has 2 fully saturated rings. The van der Waals surface area contributed by atoms with Crippen LogP contribution < -0.4 is 0 Å². The van der Waals surface area contributed by atoms with Crippen molar-refractivity contribution in [1.29, 1.82) is 0 Å². The molecule has 2 atom stereocenters. The lowest BCUT2D eigenvalue weighted by atomic mass is 10.1. The average molecular weight is 494 g/mol. The first-order chi connectivity index (χ1) is 17.0. The normalized spacial score (nSPS) is 20.0. The van der Waals surface area contributed by atoms with Crippen LogP contribution >= 0.6 is 11.6 Å². The number of nitrogens with zero attached hydrogens (tertiary/aromatic N) is 5. The van der Waals surface area contributed by atoms with Gasteiger partial charge in [-0.2, -0.15) is 0 Å². The summed E-state index contributed by atoms with van der Waals surface area (Å²) in [7, 11) is 0. The van der Waals surface area contributed by atoms with E-state index < -0.39 is 0 Å². The molecule has 2 bridgehead atoms. The largest absolute Gasteiger partial charge is 0.378 e. The second-order valence-electron chi connectivity index (χ2n) is 10.0. The van der Waals surface area contributed by atoms with Crippen molar-refractivity contribution in [3.05, 3.63) is 53.2 Å². The number of halogens is 1. The third kappa shape index (κ3) is 5.63. The SMILES string of the molecule is CC(C)CC(=O)Cn1nc(-c2ccc(CCN3C4CCC3COC4)cn2)nc1-c1cccc(Cl)c1. The summed E-state index contributed by atoms with van der Waals surface area (Å²) in [6.45, 7) is 7.00. The number of fused-ring (bicyclic) bond motifs is 2. The summed E-state index contributed by atoms with van der Waals surface area (Å²) in [5, 5.41) is 5.28. The van der Waals surface area contributed by atoms with E-state index in [0.29, 0.717) is 46.8 Å². The second-order valence-corrected chi connectivity index (χ2v) is 10.5. The van der Waals surface area contributed by atoms with E-state index in [2.05, 4.69) is 21.0 Å². The van der Waals surface area contributed by atoms with Crippen LogP contribution in [0, 0.1) is 5.92 Å². The van der Waals surface area contributed by atoms with Crippen LogP contribution in [-0.2, 0) is 22.5 Å². The summed E-state index contributed by atoms with van der Waals surface area (Å²) in [4.78, 5) is 24.6. The van der Waals surface area contributed by atoms with Gasteiger partial charge in [-0.3, -0.25) is 14.7 Å². The van der Waals surface area contributed by atoms with E-state index in [-0.39, 0.29) is 12.3 Å². The van der Waals surface area contributed by atoms with Gasteiger partial charge in [-0.15, -0.1) is 5.10 Å². The number of ketones is 1. The minimum Gasteiger partial charge on any atom is -0.378 e. The van der Waals surface area contributed by atoms with Gasteiger partial charge in [0.2, 0.25) is 0 Å². The van der Waals surface area contributed by atoms with Gasteiger partial charge in [-0.05, 0) is 48.9 Å². The summed E-state index contributed by atoms with van der Waals surface area (Å²) >= 11 is 6.22. The van der Waals surface area contributed by atoms with Gasteiger partial charge < -0.3 is 4.74 Å². The maximum absolute atomic E-state index is 12.6. The Morgan fingerprint density at radius 2 is 1.97 bits per heavy atom. The molecule has 0 saturated carbocycles. The monoisotopic (exact) mass is 493 g/mol. The van der Waals surface area contributed by atoms with Crippen molar-refractivity contribution in [3.63, 3.8) is 0 Å². The zero-order valence-corrected chi connectivity index (χ0v) is 21.1. The first kappa shape index (κ1) is 24.1. The number of pyridine rings is 1. The topological polar surface area (TPSA) is 73.1 Å². The van der Waals surface area contributed by atoms with Crippen molar-refractivity contribution in [2.45, 2.75) is 58.2 Å². The molecule has 8 heteroatoms. The molecule has 2 aliphatic rings. The number of aromatic nitrogens is 4. The highest BCUT2D eigenvalue weighted by Gasteiger charge is 2.36. The van der Waals surface area contributed by atoms with Gasteiger partial charge in [0, 0.05) is 41.8 Å². The van der Waals surface area contributed by atoms with Crippen LogP contribution in [-0.4, -0.2) is 62.3 Å². The molecule has 4 heterocycles. The Kier molecular flexibility index (Phi) is 7.27. The van der Waals surface area contributed by atoms with Gasteiger partial charge in [-0.1, -0.05) is 43.6 Å². The van der Waals surface area contributed by atoms with Gasteiger partial charge in [0.05, 0.1) is 13.2 Å². The molecule has 7 nitrogen and oxygen atoms in total. The fourth-order valence-corrected chi connectivity index (χ4v) is 5.32. The Labute approximate surface area is 211 Å². The molecule has 0 aliphatic carbocycles. The van der Waals surface area contributed by atoms with Crippen LogP contribution in [0.5, 0.6) is 0 Å². The van der Waals surface area contributed by atoms with Gasteiger partial charge in [-0.25, -0.2) is 9.67 Å². The molecule has 2 aromatic heterocycles. The molecular weight excluding hydrogens is 462 g/mol. The average Bonchev–Trinajstić information content (AvgIpc) is 3.33. The predicted octanol–water partition coefficient (Wildman–Crippen LogP) is 4.68. The van der Waals surface area contributed by atoms with E-state index in [1.165, 1.54) is 18.4 Å². The Hall–Kier alpha value is -2.61. The zero-order chi connectivity index (χ0) is 24.4. The maximum Gasteiger partial charge on any atom is 0.200 e. The lowest BCUT2D eigenvalue weighted by Crippen LogP contribution is -2.46. The number of hydrogen-bond acceptors (Lipinski definition) is 6. The van der Waals surface area contributed by atoms with Crippen LogP contribution in [0.1, 0.15) is 38.7 Å². The van der Waals surface area contributed by atoms with Crippen LogP contribution in [0.2, 0.25) is 5.02 Å². The number of rotatable bonds is 9. The van der Waals surface area contributed by atoms with Crippen LogP contribution in [0.3, 0.4) is 0 Å². The van der Waals surface area contributed by atoms with E-state index in [9.17, 15) is 4.79 Å². The second kappa shape index (κ2) is 10.6. The van der Waals surface area contributed by atoms with E-state index in [1.807, 2.05) is 50.4 Å². The number of carbonyl (C=O) groups excluding carboxylic acids is 1. The molecule has 184 valence electrons. The molecular formula is C27H32ClN5O2. The fraction of sp³-hybridized carbons (Fsp3) is 0.481. The van der Waals surface area contributed by atoms with E-state index in [0.717, 1.165) is 31.7 Å².